The Labute approximate surface area is 127 Å². The number of benzene rings is 1. The maximum Gasteiger partial charge on any atom is 0.183 e. The van der Waals surface area contributed by atoms with Gasteiger partial charge in [0.1, 0.15) is 5.60 Å². The Kier molecular flexibility index (Phi) is 4.57. The van der Waals surface area contributed by atoms with Crippen LogP contribution in [0.2, 0.25) is 0 Å². The van der Waals surface area contributed by atoms with Gasteiger partial charge in [0.05, 0.1) is 0 Å². The summed E-state index contributed by atoms with van der Waals surface area (Å²) in [5.41, 5.74) is 2.20. The second-order valence-electron chi connectivity index (χ2n) is 6.73. The number of rotatable bonds is 4. The Bertz CT molecular complexity index is 524. The van der Waals surface area contributed by atoms with Gasteiger partial charge in [0.15, 0.2) is 6.29 Å². The van der Waals surface area contributed by atoms with Gasteiger partial charge in [-0.15, -0.1) is 0 Å². The van der Waals surface area contributed by atoms with E-state index < -0.39 is 11.9 Å². The number of aliphatic hydroxyl groups is 1. The zero-order valence-corrected chi connectivity index (χ0v) is 13.6. The van der Waals surface area contributed by atoms with E-state index in [1.807, 2.05) is 30.3 Å². The fourth-order valence-electron chi connectivity index (χ4n) is 3.01. The van der Waals surface area contributed by atoms with Crippen LogP contribution in [0, 0.1) is 5.41 Å². The molecule has 1 unspecified atom stereocenters. The number of allylic oxidation sites excluding steroid dienone is 1. The van der Waals surface area contributed by atoms with Crippen molar-refractivity contribution in [3.63, 3.8) is 0 Å². The lowest BCUT2D eigenvalue weighted by molar-refractivity contribution is -0.108. The molecule has 0 aromatic heterocycles. The molecule has 21 heavy (non-hydrogen) atoms. The summed E-state index contributed by atoms with van der Waals surface area (Å²) in [5.74, 6) is 0. The van der Waals surface area contributed by atoms with E-state index in [4.69, 9.17) is 9.47 Å². The minimum atomic E-state index is -0.936. The number of hydrogen-bond donors (Lipinski definition) is 1. The molecule has 1 aromatic carbocycles. The van der Waals surface area contributed by atoms with E-state index in [9.17, 15) is 5.11 Å². The van der Waals surface area contributed by atoms with Gasteiger partial charge in [-0.1, -0.05) is 50.6 Å². The monoisotopic (exact) mass is 290 g/mol. The normalized spacial score (nSPS) is 22.7. The molecule has 0 amide bonds. The van der Waals surface area contributed by atoms with Gasteiger partial charge in [0.25, 0.3) is 0 Å². The molecule has 0 bridgehead atoms. The van der Waals surface area contributed by atoms with Gasteiger partial charge in [-0.05, 0) is 29.9 Å². The van der Waals surface area contributed by atoms with Crippen molar-refractivity contribution in [1.82, 2.24) is 0 Å². The van der Waals surface area contributed by atoms with Crippen LogP contribution in [-0.2, 0) is 15.1 Å². The second-order valence-corrected chi connectivity index (χ2v) is 6.73. The smallest absolute Gasteiger partial charge is 0.183 e. The van der Waals surface area contributed by atoms with Crippen molar-refractivity contribution in [2.75, 3.05) is 14.2 Å². The highest BCUT2D eigenvalue weighted by atomic mass is 16.7. The zero-order valence-electron chi connectivity index (χ0n) is 13.6. The standard InChI is InChI=1S/C18H26O3/c1-17(2,3)13-10-11-18(19,12-13)15-9-7-6-8-14(15)16(20-4)21-5/h6-9,12,16,19H,10-11H2,1-5H3. The van der Waals surface area contributed by atoms with E-state index in [1.165, 1.54) is 5.57 Å². The number of methoxy groups -OCH3 is 2. The van der Waals surface area contributed by atoms with E-state index in [2.05, 4.69) is 20.8 Å². The molecule has 3 nitrogen and oxygen atoms in total. The second kappa shape index (κ2) is 5.91. The van der Waals surface area contributed by atoms with E-state index in [0.29, 0.717) is 6.42 Å². The van der Waals surface area contributed by atoms with E-state index in [0.717, 1.165) is 17.5 Å². The summed E-state index contributed by atoms with van der Waals surface area (Å²) in [6, 6.07) is 7.80. The number of ether oxygens (including phenoxy) is 2. The zero-order chi connectivity index (χ0) is 15.7. The lowest BCUT2D eigenvalue weighted by Crippen LogP contribution is -2.23. The van der Waals surface area contributed by atoms with Crippen LogP contribution in [-0.4, -0.2) is 19.3 Å². The SMILES string of the molecule is COC(OC)c1ccccc1C1(O)C=C(C(C)(C)C)CC1. The fourth-order valence-corrected chi connectivity index (χ4v) is 3.01. The van der Waals surface area contributed by atoms with Gasteiger partial charge in [0.2, 0.25) is 0 Å². The molecule has 1 aliphatic carbocycles. The molecule has 1 aromatic rings. The molecule has 3 heteroatoms. The van der Waals surface area contributed by atoms with Gasteiger partial charge >= 0.3 is 0 Å². The Morgan fingerprint density at radius 2 is 1.76 bits per heavy atom. The minimum Gasteiger partial charge on any atom is -0.381 e. The maximum absolute atomic E-state index is 11.1. The summed E-state index contributed by atoms with van der Waals surface area (Å²) in [5, 5.41) is 11.1. The highest BCUT2D eigenvalue weighted by Crippen LogP contribution is 2.45. The minimum absolute atomic E-state index is 0.0847. The first-order chi connectivity index (χ1) is 9.81. The third kappa shape index (κ3) is 3.20. The van der Waals surface area contributed by atoms with Crippen LogP contribution < -0.4 is 0 Å². The van der Waals surface area contributed by atoms with Gasteiger partial charge < -0.3 is 14.6 Å². The van der Waals surface area contributed by atoms with Crippen molar-refractivity contribution in [2.24, 2.45) is 5.41 Å². The van der Waals surface area contributed by atoms with Crippen LogP contribution in [0.1, 0.15) is 51.0 Å². The summed E-state index contributed by atoms with van der Waals surface area (Å²) in [4.78, 5) is 0. The molecular weight excluding hydrogens is 264 g/mol. The van der Waals surface area contributed by atoms with Gasteiger partial charge in [0, 0.05) is 19.8 Å². The Balaban J connectivity index is 2.45. The molecule has 1 N–H and O–H groups in total. The Morgan fingerprint density at radius 1 is 1.14 bits per heavy atom. The molecule has 1 aliphatic rings. The molecule has 0 radical (unpaired) electrons. The summed E-state index contributed by atoms with van der Waals surface area (Å²) in [6.45, 7) is 6.55. The van der Waals surface area contributed by atoms with Gasteiger partial charge in [-0.2, -0.15) is 0 Å². The highest BCUT2D eigenvalue weighted by molar-refractivity contribution is 5.40. The molecule has 0 saturated carbocycles. The first kappa shape index (κ1) is 16.2. The molecular formula is C18H26O3. The molecule has 116 valence electrons. The predicted octanol–water partition coefficient (Wildman–Crippen LogP) is 3.93. The largest absolute Gasteiger partial charge is 0.381 e. The average Bonchev–Trinajstić information content (AvgIpc) is 2.85. The predicted molar refractivity (Wildman–Crippen MR) is 83.9 cm³/mol. The molecule has 2 rings (SSSR count). The Morgan fingerprint density at radius 3 is 2.29 bits per heavy atom. The molecule has 1 atom stereocenters. The third-order valence-corrected chi connectivity index (χ3v) is 4.26. The van der Waals surface area contributed by atoms with Crippen molar-refractivity contribution in [3.05, 3.63) is 47.0 Å². The topological polar surface area (TPSA) is 38.7 Å². The average molecular weight is 290 g/mol. The van der Waals surface area contributed by atoms with Crippen LogP contribution in [0.5, 0.6) is 0 Å². The highest BCUT2D eigenvalue weighted by Gasteiger charge is 2.38. The first-order valence-electron chi connectivity index (χ1n) is 7.41. The Hall–Kier alpha value is -1.16. The van der Waals surface area contributed by atoms with Crippen molar-refractivity contribution in [2.45, 2.75) is 45.5 Å². The number of hydrogen-bond acceptors (Lipinski definition) is 3. The van der Waals surface area contributed by atoms with Crippen molar-refractivity contribution < 1.29 is 14.6 Å². The molecule has 0 aliphatic heterocycles. The van der Waals surface area contributed by atoms with E-state index in [1.54, 1.807) is 14.2 Å². The molecule has 0 spiro atoms. The first-order valence-corrected chi connectivity index (χ1v) is 7.41. The van der Waals surface area contributed by atoms with E-state index in [-0.39, 0.29) is 5.41 Å². The summed E-state index contributed by atoms with van der Waals surface area (Å²) < 4.78 is 10.7. The lowest BCUT2D eigenvalue weighted by atomic mass is 9.86. The lowest BCUT2D eigenvalue weighted by Gasteiger charge is -2.27. The van der Waals surface area contributed by atoms with Gasteiger partial charge in [-0.3, -0.25) is 0 Å². The fraction of sp³-hybridized carbons (Fsp3) is 0.556. The molecule has 0 fully saturated rings. The van der Waals surface area contributed by atoms with Crippen LogP contribution in [0.3, 0.4) is 0 Å². The van der Waals surface area contributed by atoms with Crippen molar-refractivity contribution in [1.29, 1.82) is 0 Å². The molecule has 0 heterocycles. The van der Waals surface area contributed by atoms with Crippen LogP contribution in [0.4, 0.5) is 0 Å². The van der Waals surface area contributed by atoms with Crippen molar-refractivity contribution in [3.8, 4) is 0 Å². The quantitative estimate of drug-likeness (QED) is 0.674. The van der Waals surface area contributed by atoms with Crippen LogP contribution in [0.25, 0.3) is 0 Å². The third-order valence-electron chi connectivity index (χ3n) is 4.26. The summed E-state index contributed by atoms with van der Waals surface area (Å²) in [7, 11) is 3.22. The summed E-state index contributed by atoms with van der Waals surface area (Å²) >= 11 is 0. The van der Waals surface area contributed by atoms with Crippen LogP contribution in [0.15, 0.2) is 35.9 Å². The van der Waals surface area contributed by atoms with Gasteiger partial charge in [-0.25, -0.2) is 0 Å². The molecule has 0 saturated heterocycles. The van der Waals surface area contributed by atoms with E-state index >= 15 is 0 Å². The summed E-state index contributed by atoms with van der Waals surface area (Å²) in [6.07, 6.45) is 3.18. The maximum atomic E-state index is 11.1. The van der Waals surface area contributed by atoms with Crippen LogP contribution >= 0.6 is 0 Å². The van der Waals surface area contributed by atoms with Crippen molar-refractivity contribution >= 4 is 0 Å².